The smallest absolute Gasteiger partial charge is 0.337 e. The minimum Gasteiger partial charge on any atom is -0.465 e. The third kappa shape index (κ3) is 4.19. The van der Waals surface area contributed by atoms with Crippen LogP contribution in [0.2, 0.25) is 0 Å². The Kier molecular flexibility index (Phi) is 5.68. The molecule has 24 heavy (non-hydrogen) atoms. The summed E-state index contributed by atoms with van der Waals surface area (Å²) in [6.07, 6.45) is 2.43. The van der Waals surface area contributed by atoms with Crippen molar-refractivity contribution in [3.8, 4) is 0 Å². The van der Waals surface area contributed by atoms with Gasteiger partial charge in [0.15, 0.2) is 0 Å². The normalized spacial score (nSPS) is 11.4. The van der Waals surface area contributed by atoms with Gasteiger partial charge in [-0.1, -0.05) is 18.2 Å². The van der Waals surface area contributed by atoms with Gasteiger partial charge in [0.25, 0.3) is 5.69 Å². The van der Waals surface area contributed by atoms with Crippen LogP contribution in [0.15, 0.2) is 61.2 Å². The second kappa shape index (κ2) is 7.92. The first-order valence-corrected chi connectivity index (χ1v) is 7.35. The standard InChI is InChI=1S/C18H18N2O4/c1-3-4-17(13-7-11-16(12-8-13)20(22)23)19-15-9-5-14(6-10-15)18(21)24-2/h3,5-12,17,19H,1,4H2,2H3. The molecule has 0 radical (unpaired) electrons. The molecule has 1 N–H and O–H groups in total. The van der Waals surface area contributed by atoms with Crippen molar-refractivity contribution >= 4 is 17.3 Å². The topological polar surface area (TPSA) is 81.5 Å². The number of nitrogens with one attached hydrogen (secondary N) is 1. The molecule has 2 aromatic rings. The van der Waals surface area contributed by atoms with E-state index < -0.39 is 4.92 Å². The summed E-state index contributed by atoms with van der Waals surface area (Å²) in [5.74, 6) is -0.389. The molecule has 6 nitrogen and oxygen atoms in total. The van der Waals surface area contributed by atoms with E-state index in [1.807, 2.05) is 0 Å². The summed E-state index contributed by atoms with van der Waals surface area (Å²) in [5.41, 5.74) is 2.27. The Balaban J connectivity index is 2.17. The van der Waals surface area contributed by atoms with Crippen LogP contribution in [-0.2, 0) is 4.74 Å². The van der Waals surface area contributed by atoms with Gasteiger partial charge in [-0.15, -0.1) is 6.58 Å². The van der Waals surface area contributed by atoms with Gasteiger partial charge in [0.2, 0.25) is 0 Å². The number of nitro groups is 1. The van der Waals surface area contributed by atoms with Crippen molar-refractivity contribution in [2.45, 2.75) is 12.5 Å². The fourth-order valence-electron chi connectivity index (χ4n) is 2.29. The summed E-state index contributed by atoms with van der Waals surface area (Å²) < 4.78 is 4.67. The number of benzene rings is 2. The fourth-order valence-corrected chi connectivity index (χ4v) is 2.29. The lowest BCUT2D eigenvalue weighted by Gasteiger charge is -2.19. The quantitative estimate of drug-likeness (QED) is 0.358. The molecule has 0 aliphatic carbocycles. The van der Waals surface area contributed by atoms with E-state index in [0.717, 1.165) is 11.3 Å². The number of non-ortho nitro benzene ring substituents is 1. The molecule has 0 aliphatic heterocycles. The summed E-state index contributed by atoms with van der Waals surface area (Å²) in [4.78, 5) is 21.8. The Morgan fingerprint density at radius 2 is 1.88 bits per heavy atom. The first-order chi connectivity index (χ1) is 11.5. The van der Waals surface area contributed by atoms with Crippen molar-refractivity contribution in [3.63, 3.8) is 0 Å². The minimum atomic E-state index is -0.425. The minimum absolute atomic E-state index is 0.0542. The predicted octanol–water partition coefficient (Wildman–Crippen LogP) is 4.11. The van der Waals surface area contributed by atoms with Crippen molar-refractivity contribution in [1.29, 1.82) is 0 Å². The first-order valence-electron chi connectivity index (χ1n) is 7.35. The second-order valence-corrected chi connectivity index (χ2v) is 5.14. The summed E-state index contributed by atoms with van der Waals surface area (Å²) in [5, 5.41) is 14.1. The van der Waals surface area contributed by atoms with Gasteiger partial charge in [0.05, 0.1) is 23.6 Å². The van der Waals surface area contributed by atoms with E-state index in [-0.39, 0.29) is 17.7 Å². The number of carbonyl (C=O) groups excluding carboxylic acids is 1. The third-order valence-corrected chi connectivity index (χ3v) is 3.56. The molecule has 0 saturated carbocycles. The van der Waals surface area contributed by atoms with Gasteiger partial charge in [-0.3, -0.25) is 10.1 Å². The SMILES string of the molecule is C=CCC(Nc1ccc(C(=O)OC)cc1)c1ccc([N+](=O)[O-])cc1. The maximum Gasteiger partial charge on any atom is 0.337 e. The average Bonchev–Trinajstić information content (AvgIpc) is 2.61. The van der Waals surface area contributed by atoms with Crippen molar-refractivity contribution < 1.29 is 14.5 Å². The van der Waals surface area contributed by atoms with Crippen LogP contribution in [0.4, 0.5) is 11.4 Å². The Morgan fingerprint density at radius 1 is 1.25 bits per heavy atom. The highest BCUT2D eigenvalue weighted by Gasteiger charge is 2.13. The van der Waals surface area contributed by atoms with E-state index in [4.69, 9.17) is 0 Å². The fraction of sp³-hybridized carbons (Fsp3) is 0.167. The molecule has 0 saturated heterocycles. The van der Waals surface area contributed by atoms with Crippen LogP contribution in [0.5, 0.6) is 0 Å². The van der Waals surface area contributed by atoms with Gasteiger partial charge < -0.3 is 10.1 Å². The third-order valence-electron chi connectivity index (χ3n) is 3.56. The van der Waals surface area contributed by atoms with Crippen LogP contribution in [0.25, 0.3) is 0 Å². The van der Waals surface area contributed by atoms with Gasteiger partial charge in [-0.05, 0) is 36.2 Å². The van der Waals surface area contributed by atoms with Crippen LogP contribution in [-0.4, -0.2) is 18.0 Å². The van der Waals surface area contributed by atoms with Crippen molar-refractivity contribution in [2.75, 3.05) is 12.4 Å². The molecule has 0 spiro atoms. The molecule has 1 atom stereocenters. The molecule has 0 amide bonds. The van der Waals surface area contributed by atoms with Gasteiger partial charge in [0, 0.05) is 17.8 Å². The molecule has 0 bridgehead atoms. The van der Waals surface area contributed by atoms with Gasteiger partial charge in [0.1, 0.15) is 0 Å². The molecule has 6 heteroatoms. The number of hydrogen-bond acceptors (Lipinski definition) is 5. The average molecular weight is 326 g/mol. The number of rotatable bonds is 7. The lowest BCUT2D eigenvalue weighted by atomic mass is 10.0. The molecule has 1 unspecified atom stereocenters. The predicted molar refractivity (Wildman–Crippen MR) is 92.1 cm³/mol. The molecule has 2 rings (SSSR count). The zero-order chi connectivity index (χ0) is 17.5. The van der Waals surface area contributed by atoms with Crippen molar-refractivity contribution in [3.05, 3.63) is 82.4 Å². The molecule has 0 heterocycles. The van der Waals surface area contributed by atoms with E-state index in [1.165, 1.54) is 19.2 Å². The van der Waals surface area contributed by atoms with Gasteiger partial charge >= 0.3 is 5.97 Å². The molecular formula is C18H18N2O4. The zero-order valence-corrected chi connectivity index (χ0v) is 13.3. The number of methoxy groups -OCH3 is 1. The Labute approximate surface area is 139 Å². The summed E-state index contributed by atoms with van der Waals surface area (Å²) >= 11 is 0. The first kappa shape index (κ1) is 17.2. The molecular weight excluding hydrogens is 308 g/mol. The summed E-state index contributed by atoms with van der Waals surface area (Å²) in [6.45, 7) is 3.75. The van der Waals surface area contributed by atoms with Crippen molar-refractivity contribution in [1.82, 2.24) is 0 Å². The Bertz CT molecular complexity index is 724. The van der Waals surface area contributed by atoms with E-state index in [0.29, 0.717) is 12.0 Å². The zero-order valence-electron chi connectivity index (χ0n) is 13.3. The van der Waals surface area contributed by atoms with E-state index in [1.54, 1.807) is 42.5 Å². The number of hydrogen-bond donors (Lipinski definition) is 1. The highest BCUT2D eigenvalue weighted by molar-refractivity contribution is 5.89. The maximum atomic E-state index is 11.4. The highest BCUT2D eigenvalue weighted by Crippen LogP contribution is 2.25. The number of anilines is 1. The number of nitro benzene ring substituents is 1. The molecule has 0 aromatic heterocycles. The molecule has 124 valence electrons. The Morgan fingerprint density at radius 3 is 2.38 bits per heavy atom. The van der Waals surface area contributed by atoms with Crippen LogP contribution in [0.3, 0.4) is 0 Å². The monoisotopic (exact) mass is 326 g/mol. The Hall–Kier alpha value is -3.15. The molecule has 0 fully saturated rings. The summed E-state index contributed by atoms with van der Waals surface area (Å²) in [6, 6.07) is 13.3. The van der Waals surface area contributed by atoms with E-state index in [9.17, 15) is 14.9 Å². The number of nitrogens with zero attached hydrogens (tertiary/aromatic N) is 1. The number of ether oxygens (including phenoxy) is 1. The van der Waals surface area contributed by atoms with Crippen LogP contribution in [0.1, 0.15) is 28.4 Å². The van der Waals surface area contributed by atoms with E-state index in [2.05, 4.69) is 16.6 Å². The van der Waals surface area contributed by atoms with Crippen LogP contribution >= 0.6 is 0 Å². The lowest BCUT2D eigenvalue weighted by molar-refractivity contribution is -0.384. The lowest BCUT2D eigenvalue weighted by Crippen LogP contribution is -2.10. The molecule has 2 aromatic carbocycles. The van der Waals surface area contributed by atoms with E-state index >= 15 is 0 Å². The highest BCUT2D eigenvalue weighted by atomic mass is 16.6. The van der Waals surface area contributed by atoms with Crippen LogP contribution in [0, 0.1) is 10.1 Å². The van der Waals surface area contributed by atoms with Crippen LogP contribution < -0.4 is 5.32 Å². The summed E-state index contributed by atoms with van der Waals surface area (Å²) in [7, 11) is 1.34. The maximum absolute atomic E-state index is 11.4. The van der Waals surface area contributed by atoms with Gasteiger partial charge in [-0.25, -0.2) is 4.79 Å². The van der Waals surface area contributed by atoms with Gasteiger partial charge in [-0.2, -0.15) is 0 Å². The number of carbonyl (C=O) groups is 1. The largest absolute Gasteiger partial charge is 0.465 e. The number of esters is 1. The second-order valence-electron chi connectivity index (χ2n) is 5.14. The molecule has 0 aliphatic rings. The van der Waals surface area contributed by atoms with Crippen molar-refractivity contribution in [2.24, 2.45) is 0 Å².